The fourth-order valence-electron chi connectivity index (χ4n) is 2.14. The van der Waals surface area contributed by atoms with Crippen molar-refractivity contribution >= 4 is 11.8 Å². The van der Waals surface area contributed by atoms with Crippen LogP contribution in [0, 0.1) is 0 Å². The van der Waals surface area contributed by atoms with E-state index in [1.807, 2.05) is 18.2 Å². The maximum atomic E-state index is 11.8. The first-order chi connectivity index (χ1) is 8.27. The lowest BCUT2D eigenvalue weighted by atomic mass is 10.1. The van der Waals surface area contributed by atoms with Gasteiger partial charge in [0.2, 0.25) is 11.8 Å². The number of imide groups is 1. The first kappa shape index (κ1) is 11.8. The van der Waals surface area contributed by atoms with Crippen LogP contribution in [0.15, 0.2) is 30.3 Å². The summed E-state index contributed by atoms with van der Waals surface area (Å²) in [5, 5.41) is 0. The molecule has 0 atom stereocenters. The third kappa shape index (κ3) is 3.16. The van der Waals surface area contributed by atoms with E-state index in [0.29, 0.717) is 19.4 Å². The van der Waals surface area contributed by atoms with Crippen molar-refractivity contribution in [1.82, 2.24) is 4.90 Å². The topological polar surface area (TPSA) is 37.4 Å². The number of aryl methyl sites for hydroxylation is 1. The number of likely N-dealkylation sites (tertiary alicyclic amines) is 1. The Bertz CT molecular complexity index is 400. The van der Waals surface area contributed by atoms with Gasteiger partial charge in [0.15, 0.2) is 0 Å². The number of rotatable bonds is 4. The van der Waals surface area contributed by atoms with Crippen molar-refractivity contribution in [1.29, 1.82) is 0 Å². The van der Waals surface area contributed by atoms with Crippen LogP contribution in [0.1, 0.15) is 31.2 Å². The van der Waals surface area contributed by atoms with E-state index >= 15 is 0 Å². The van der Waals surface area contributed by atoms with Crippen molar-refractivity contribution in [2.45, 2.75) is 32.1 Å². The minimum Gasteiger partial charge on any atom is -0.283 e. The van der Waals surface area contributed by atoms with E-state index in [0.717, 1.165) is 19.3 Å². The van der Waals surface area contributed by atoms with E-state index < -0.39 is 0 Å². The Morgan fingerprint density at radius 2 is 2.00 bits per heavy atom. The Kier molecular flexibility index (Phi) is 3.91. The van der Waals surface area contributed by atoms with Gasteiger partial charge in [-0.2, -0.15) is 0 Å². The molecule has 0 bridgehead atoms. The molecule has 1 aromatic rings. The highest BCUT2D eigenvalue weighted by Crippen LogP contribution is 2.13. The molecule has 17 heavy (non-hydrogen) atoms. The molecule has 0 spiro atoms. The maximum Gasteiger partial charge on any atom is 0.229 e. The van der Waals surface area contributed by atoms with Crippen LogP contribution in [0.2, 0.25) is 0 Å². The molecule has 1 aromatic carbocycles. The van der Waals surface area contributed by atoms with Gasteiger partial charge in [-0.25, -0.2) is 0 Å². The van der Waals surface area contributed by atoms with Crippen LogP contribution < -0.4 is 0 Å². The Morgan fingerprint density at radius 1 is 1.24 bits per heavy atom. The van der Waals surface area contributed by atoms with Gasteiger partial charge in [-0.3, -0.25) is 14.5 Å². The van der Waals surface area contributed by atoms with Crippen LogP contribution in [0.25, 0.3) is 0 Å². The van der Waals surface area contributed by atoms with Crippen LogP contribution in [0.3, 0.4) is 0 Å². The van der Waals surface area contributed by atoms with Gasteiger partial charge in [0.1, 0.15) is 0 Å². The van der Waals surface area contributed by atoms with Gasteiger partial charge < -0.3 is 0 Å². The normalized spacial score (nSPS) is 15.3. The lowest BCUT2D eigenvalue weighted by Gasteiger charge is -2.12. The van der Waals surface area contributed by atoms with E-state index in [2.05, 4.69) is 12.1 Å². The fourth-order valence-corrected chi connectivity index (χ4v) is 2.14. The van der Waals surface area contributed by atoms with Gasteiger partial charge in [-0.15, -0.1) is 0 Å². The minimum absolute atomic E-state index is 0.00490. The van der Waals surface area contributed by atoms with Crippen LogP contribution >= 0.6 is 0 Å². The Balaban J connectivity index is 1.75. The second kappa shape index (κ2) is 5.62. The van der Waals surface area contributed by atoms with Gasteiger partial charge in [0.25, 0.3) is 0 Å². The average Bonchev–Trinajstić information content (AvgIpc) is 2.77. The predicted octanol–water partition coefficient (Wildman–Crippen LogP) is 2.16. The van der Waals surface area contributed by atoms with Crippen molar-refractivity contribution in [3.05, 3.63) is 35.9 Å². The van der Waals surface area contributed by atoms with E-state index in [1.165, 1.54) is 10.5 Å². The molecule has 1 fully saturated rings. The van der Waals surface area contributed by atoms with Gasteiger partial charge in [-0.1, -0.05) is 30.3 Å². The second-order valence-corrected chi connectivity index (χ2v) is 4.38. The van der Waals surface area contributed by atoms with E-state index in [9.17, 15) is 9.59 Å². The number of benzene rings is 1. The molecule has 0 aliphatic carbocycles. The highest BCUT2D eigenvalue weighted by molar-refractivity contribution is 5.96. The monoisotopic (exact) mass is 231 g/mol. The summed E-state index contributed by atoms with van der Waals surface area (Å²) in [5.74, 6) is -0.0156. The molecule has 1 aliphatic rings. The average molecular weight is 231 g/mol. The summed E-state index contributed by atoms with van der Waals surface area (Å²) in [4.78, 5) is 24.5. The minimum atomic E-state index is -0.0107. The summed E-state index contributed by atoms with van der Waals surface area (Å²) in [5.41, 5.74) is 1.24. The van der Waals surface area contributed by atoms with Crippen molar-refractivity contribution in [3.63, 3.8) is 0 Å². The number of hydrogen-bond donors (Lipinski definition) is 0. The van der Waals surface area contributed by atoms with Gasteiger partial charge in [-0.05, 0) is 24.8 Å². The van der Waals surface area contributed by atoms with Gasteiger partial charge >= 0.3 is 0 Å². The van der Waals surface area contributed by atoms with E-state index in [4.69, 9.17) is 0 Å². The zero-order valence-electron chi connectivity index (χ0n) is 9.89. The molecule has 3 nitrogen and oxygen atoms in total. The second-order valence-electron chi connectivity index (χ2n) is 4.38. The number of carbonyl (C=O) groups is 2. The zero-order chi connectivity index (χ0) is 12.1. The Labute approximate surface area is 101 Å². The fraction of sp³-hybridized carbons (Fsp3) is 0.429. The molecule has 1 saturated heterocycles. The first-order valence-electron chi connectivity index (χ1n) is 6.14. The third-order valence-corrected chi connectivity index (χ3v) is 3.07. The number of amides is 2. The number of nitrogens with zero attached hydrogens (tertiary/aromatic N) is 1. The zero-order valence-corrected chi connectivity index (χ0v) is 9.89. The lowest BCUT2D eigenvalue weighted by molar-refractivity contribution is -0.141. The lowest BCUT2D eigenvalue weighted by Crippen LogP contribution is -2.31. The molecule has 0 aromatic heterocycles. The quantitative estimate of drug-likeness (QED) is 0.796. The summed E-state index contributed by atoms with van der Waals surface area (Å²) in [6.45, 7) is 0.614. The molecule has 1 heterocycles. The van der Waals surface area contributed by atoms with Gasteiger partial charge in [0, 0.05) is 19.4 Å². The molecule has 1 aliphatic heterocycles. The third-order valence-electron chi connectivity index (χ3n) is 3.07. The SMILES string of the molecule is O=C(CCCc1ccccc1)N1CCCC1=O. The largest absolute Gasteiger partial charge is 0.283 e. The summed E-state index contributed by atoms with van der Waals surface area (Å²) in [6.07, 6.45) is 3.54. The van der Waals surface area contributed by atoms with Crippen LogP contribution in [0.5, 0.6) is 0 Å². The van der Waals surface area contributed by atoms with Crippen molar-refractivity contribution in [2.24, 2.45) is 0 Å². The molecule has 0 unspecified atom stereocenters. The first-order valence-corrected chi connectivity index (χ1v) is 6.14. The molecule has 2 amide bonds. The summed E-state index contributed by atoms with van der Waals surface area (Å²) >= 11 is 0. The molecule has 0 saturated carbocycles. The van der Waals surface area contributed by atoms with Crippen LogP contribution in [0.4, 0.5) is 0 Å². The Hall–Kier alpha value is -1.64. The molecule has 90 valence electrons. The van der Waals surface area contributed by atoms with Crippen molar-refractivity contribution < 1.29 is 9.59 Å². The number of carbonyl (C=O) groups excluding carboxylic acids is 2. The summed E-state index contributed by atoms with van der Waals surface area (Å²) in [6, 6.07) is 10.1. The molecular formula is C14H17NO2. The van der Waals surface area contributed by atoms with Crippen molar-refractivity contribution in [3.8, 4) is 0 Å². The molecular weight excluding hydrogens is 214 g/mol. The van der Waals surface area contributed by atoms with Crippen molar-refractivity contribution in [2.75, 3.05) is 6.54 Å². The van der Waals surface area contributed by atoms with Crippen LogP contribution in [-0.2, 0) is 16.0 Å². The summed E-state index contributed by atoms with van der Waals surface area (Å²) in [7, 11) is 0. The standard InChI is InChI=1S/C14H17NO2/c16-13(15-11-5-10-14(15)17)9-4-8-12-6-2-1-3-7-12/h1-3,6-7H,4-5,8-11H2. The maximum absolute atomic E-state index is 11.8. The highest BCUT2D eigenvalue weighted by Gasteiger charge is 2.25. The molecule has 2 rings (SSSR count). The van der Waals surface area contributed by atoms with Gasteiger partial charge in [0.05, 0.1) is 0 Å². The van der Waals surface area contributed by atoms with E-state index in [1.54, 1.807) is 0 Å². The highest BCUT2D eigenvalue weighted by atomic mass is 16.2. The predicted molar refractivity (Wildman–Crippen MR) is 65.3 cm³/mol. The van der Waals surface area contributed by atoms with Crippen LogP contribution in [-0.4, -0.2) is 23.3 Å². The smallest absolute Gasteiger partial charge is 0.229 e. The summed E-state index contributed by atoms with van der Waals surface area (Å²) < 4.78 is 0. The Morgan fingerprint density at radius 3 is 2.65 bits per heavy atom. The number of hydrogen-bond acceptors (Lipinski definition) is 2. The molecule has 0 N–H and O–H groups in total. The molecule has 0 radical (unpaired) electrons. The van der Waals surface area contributed by atoms with E-state index in [-0.39, 0.29) is 11.8 Å². The molecule has 3 heteroatoms.